The Morgan fingerprint density at radius 3 is 2.44 bits per heavy atom. The molecular weight excluding hydrogens is 418 g/mol. The van der Waals surface area contributed by atoms with Crippen molar-refractivity contribution in [2.75, 3.05) is 26.3 Å². The zero-order valence-electron chi connectivity index (χ0n) is 18.5. The molecule has 10 nitrogen and oxygen atoms in total. The van der Waals surface area contributed by atoms with Crippen molar-refractivity contribution >= 4 is 11.9 Å². The number of carbonyl (C=O) groups is 2. The first kappa shape index (κ1) is 23.4. The van der Waals surface area contributed by atoms with Gasteiger partial charge in [-0.15, -0.1) is 0 Å². The second-order valence-corrected chi connectivity index (χ2v) is 7.84. The summed E-state index contributed by atoms with van der Waals surface area (Å²) in [6.07, 6.45) is 0.242. The van der Waals surface area contributed by atoms with E-state index >= 15 is 0 Å². The van der Waals surface area contributed by atoms with Crippen LogP contribution in [0, 0.1) is 27.7 Å². The van der Waals surface area contributed by atoms with E-state index in [1.54, 1.807) is 19.1 Å². The molecule has 0 bridgehead atoms. The lowest BCUT2D eigenvalue weighted by molar-refractivity contribution is -0.157. The average molecular weight is 445 g/mol. The molecule has 2 unspecified atom stereocenters. The second-order valence-electron chi connectivity index (χ2n) is 7.84. The van der Waals surface area contributed by atoms with E-state index in [2.05, 4.69) is 10.3 Å². The number of benzene rings is 1. The fourth-order valence-corrected chi connectivity index (χ4v) is 3.34. The molecule has 1 aliphatic heterocycles. The van der Waals surface area contributed by atoms with Gasteiger partial charge in [0.2, 0.25) is 0 Å². The van der Waals surface area contributed by atoms with Crippen molar-refractivity contribution in [1.29, 1.82) is 0 Å². The first-order valence-corrected chi connectivity index (χ1v) is 10.2. The molecule has 32 heavy (non-hydrogen) atoms. The van der Waals surface area contributed by atoms with E-state index in [9.17, 15) is 19.2 Å². The van der Waals surface area contributed by atoms with Gasteiger partial charge in [0, 0.05) is 24.8 Å². The van der Waals surface area contributed by atoms with Crippen LogP contribution in [0.2, 0.25) is 0 Å². The number of H-pyrrole nitrogens is 1. The van der Waals surface area contributed by atoms with Gasteiger partial charge in [-0.05, 0) is 56.5 Å². The Balaban J connectivity index is 1.50. The number of ether oxygens (including phenoxy) is 3. The lowest BCUT2D eigenvalue weighted by atomic mass is 10.0. The lowest BCUT2D eigenvalue weighted by Gasteiger charge is -2.31. The SMILES string of the molecule is Cc1cc(C(=O)OCC(=O)OCC2CNCC(n3cc(C)c(=O)[nH]c3=O)O2)cc(C)c1C. The summed E-state index contributed by atoms with van der Waals surface area (Å²) in [6.45, 7) is 7.52. The number of esters is 2. The number of nitrogens with zero attached hydrogens (tertiary/aromatic N) is 1. The molecule has 172 valence electrons. The van der Waals surface area contributed by atoms with Gasteiger partial charge >= 0.3 is 17.6 Å². The summed E-state index contributed by atoms with van der Waals surface area (Å²) >= 11 is 0. The van der Waals surface area contributed by atoms with Crippen molar-refractivity contribution in [3.63, 3.8) is 0 Å². The summed E-state index contributed by atoms with van der Waals surface area (Å²) in [6, 6.07) is 3.44. The summed E-state index contributed by atoms with van der Waals surface area (Å²) < 4.78 is 17.3. The third kappa shape index (κ3) is 5.51. The predicted octanol–water partition coefficient (Wildman–Crippen LogP) is 0.657. The molecule has 1 aromatic heterocycles. The van der Waals surface area contributed by atoms with Gasteiger partial charge in [0.25, 0.3) is 5.56 Å². The maximum atomic E-state index is 12.2. The summed E-state index contributed by atoms with van der Waals surface area (Å²) in [4.78, 5) is 50.1. The molecule has 0 aliphatic carbocycles. The average Bonchev–Trinajstić information content (AvgIpc) is 2.76. The fourth-order valence-electron chi connectivity index (χ4n) is 3.34. The molecule has 3 rings (SSSR count). The Kier molecular flexibility index (Phi) is 7.26. The Morgan fingerprint density at radius 1 is 1.06 bits per heavy atom. The maximum Gasteiger partial charge on any atom is 0.344 e. The molecule has 10 heteroatoms. The minimum Gasteiger partial charge on any atom is -0.460 e. The van der Waals surface area contributed by atoms with E-state index in [4.69, 9.17) is 14.2 Å². The van der Waals surface area contributed by atoms with Gasteiger partial charge in [-0.3, -0.25) is 14.3 Å². The van der Waals surface area contributed by atoms with Crippen LogP contribution in [0.1, 0.15) is 38.8 Å². The number of hydrogen-bond acceptors (Lipinski definition) is 8. The summed E-state index contributed by atoms with van der Waals surface area (Å²) in [5, 5.41) is 3.10. The normalized spacial score (nSPS) is 18.2. The molecule has 1 saturated heterocycles. The van der Waals surface area contributed by atoms with Crippen LogP contribution < -0.4 is 16.6 Å². The van der Waals surface area contributed by atoms with E-state index in [1.807, 2.05) is 20.8 Å². The highest BCUT2D eigenvalue weighted by Gasteiger charge is 2.26. The number of aromatic nitrogens is 2. The zero-order valence-corrected chi connectivity index (χ0v) is 18.5. The minimum absolute atomic E-state index is 0.0836. The van der Waals surface area contributed by atoms with Crippen LogP contribution in [0.25, 0.3) is 0 Å². The lowest BCUT2D eigenvalue weighted by Crippen LogP contribution is -2.48. The van der Waals surface area contributed by atoms with Crippen LogP contribution in [-0.4, -0.2) is 53.9 Å². The first-order valence-electron chi connectivity index (χ1n) is 10.2. The van der Waals surface area contributed by atoms with Crippen molar-refractivity contribution in [2.24, 2.45) is 0 Å². The Bertz CT molecular complexity index is 1110. The first-order chi connectivity index (χ1) is 15.2. The Hall–Kier alpha value is -3.24. The largest absolute Gasteiger partial charge is 0.460 e. The van der Waals surface area contributed by atoms with Crippen molar-refractivity contribution < 1.29 is 23.8 Å². The summed E-state index contributed by atoms with van der Waals surface area (Å²) in [5.41, 5.74) is 2.75. The van der Waals surface area contributed by atoms with Crippen molar-refractivity contribution in [2.45, 2.75) is 40.0 Å². The monoisotopic (exact) mass is 445 g/mol. The van der Waals surface area contributed by atoms with Crippen molar-refractivity contribution in [1.82, 2.24) is 14.9 Å². The molecule has 1 aliphatic rings. The molecule has 2 aromatic rings. The quantitative estimate of drug-likeness (QED) is 0.621. The standard InChI is InChI=1S/C22H27N3O7/c1-12-5-16(6-13(2)15(12)4)21(28)31-11-19(26)30-10-17-7-23-8-18(32-17)25-9-14(3)20(27)24-22(25)29/h5-6,9,17-18,23H,7-8,10-11H2,1-4H3,(H,24,27,29). The molecule has 0 spiro atoms. The van der Waals surface area contributed by atoms with Gasteiger partial charge in [0.1, 0.15) is 12.7 Å². The van der Waals surface area contributed by atoms with Crippen LogP contribution in [-0.2, 0) is 19.0 Å². The fraction of sp³-hybridized carbons (Fsp3) is 0.455. The van der Waals surface area contributed by atoms with Crippen LogP contribution >= 0.6 is 0 Å². The highest BCUT2D eigenvalue weighted by atomic mass is 16.6. The summed E-state index contributed by atoms with van der Waals surface area (Å²) in [7, 11) is 0. The molecule has 2 atom stereocenters. The maximum absolute atomic E-state index is 12.2. The molecule has 0 radical (unpaired) electrons. The number of nitrogens with one attached hydrogen (secondary N) is 2. The van der Waals surface area contributed by atoms with Gasteiger partial charge < -0.3 is 19.5 Å². The van der Waals surface area contributed by atoms with Gasteiger partial charge in [-0.2, -0.15) is 0 Å². The zero-order chi connectivity index (χ0) is 23.4. The third-order valence-electron chi connectivity index (χ3n) is 5.41. The van der Waals surface area contributed by atoms with Crippen LogP contribution in [0.15, 0.2) is 27.9 Å². The van der Waals surface area contributed by atoms with Crippen molar-refractivity contribution in [3.05, 3.63) is 67.0 Å². The number of carbonyl (C=O) groups excluding carboxylic acids is 2. The van der Waals surface area contributed by atoms with E-state index < -0.39 is 42.1 Å². The highest BCUT2D eigenvalue weighted by Crippen LogP contribution is 2.16. The third-order valence-corrected chi connectivity index (χ3v) is 5.41. The number of morpholine rings is 1. The van der Waals surface area contributed by atoms with Crippen LogP contribution in [0.5, 0.6) is 0 Å². The number of hydrogen-bond donors (Lipinski definition) is 2. The van der Waals surface area contributed by atoms with E-state index in [1.165, 1.54) is 10.8 Å². The molecule has 1 aromatic carbocycles. The van der Waals surface area contributed by atoms with Gasteiger partial charge in [-0.1, -0.05) is 0 Å². The number of rotatable bonds is 6. The molecular formula is C22H27N3O7. The van der Waals surface area contributed by atoms with Crippen LogP contribution in [0.3, 0.4) is 0 Å². The van der Waals surface area contributed by atoms with Gasteiger partial charge in [-0.25, -0.2) is 14.4 Å². The molecule has 2 heterocycles. The number of aromatic amines is 1. The minimum atomic E-state index is -0.707. The Labute approximate surface area is 184 Å². The molecule has 2 N–H and O–H groups in total. The second kappa shape index (κ2) is 9.92. The smallest absolute Gasteiger partial charge is 0.344 e. The topological polar surface area (TPSA) is 129 Å². The Morgan fingerprint density at radius 2 is 1.75 bits per heavy atom. The highest BCUT2D eigenvalue weighted by molar-refractivity contribution is 5.91. The van der Waals surface area contributed by atoms with E-state index in [0.717, 1.165) is 16.7 Å². The van der Waals surface area contributed by atoms with E-state index in [-0.39, 0.29) is 6.61 Å². The molecule has 0 saturated carbocycles. The summed E-state index contributed by atoms with van der Waals surface area (Å²) in [5.74, 6) is -1.31. The van der Waals surface area contributed by atoms with Gasteiger partial charge in [0.15, 0.2) is 12.8 Å². The van der Waals surface area contributed by atoms with Gasteiger partial charge in [0.05, 0.1) is 5.56 Å². The predicted molar refractivity (Wildman–Crippen MR) is 115 cm³/mol. The van der Waals surface area contributed by atoms with Crippen molar-refractivity contribution in [3.8, 4) is 0 Å². The molecule has 0 amide bonds. The van der Waals surface area contributed by atoms with E-state index in [0.29, 0.717) is 24.2 Å². The molecule has 1 fully saturated rings. The number of aryl methyl sites for hydroxylation is 3. The van der Waals surface area contributed by atoms with Crippen LogP contribution in [0.4, 0.5) is 0 Å².